The topological polar surface area (TPSA) is 75.4 Å². The van der Waals surface area contributed by atoms with E-state index in [4.69, 9.17) is 5.73 Å². The molecule has 11 heteroatoms. The fourth-order valence-corrected chi connectivity index (χ4v) is 2.23. The van der Waals surface area contributed by atoms with E-state index in [-0.39, 0.29) is 12.6 Å². The van der Waals surface area contributed by atoms with Crippen LogP contribution in [0.3, 0.4) is 0 Å². The summed E-state index contributed by atoms with van der Waals surface area (Å²) in [5.74, 6) is 0. The number of nitrogens with two attached hydrogens (primary N) is 1. The van der Waals surface area contributed by atoms with Crippen LogP contribution < -0.4 is 11.1 Å². The standard InChI is InChI=1S/C17H13F6N3O2/c18-16(19,20)11-6-12(17(21,22)23)8-13(7-11)25-15(28)26(14(24)27)9-10-4-2-1-3-5-10/h1-8H,9H2,(H2,24,27)(H,25,28). The van der Waals surface area contributed by atoms with Crippen molar-refractivity contribution in [1.82, 2.24) is 4.90 Å². The molecule has 2 rings (SSSR count). The molecule has 0 fully saturated rings. The second kappa shape index (κ2) is 7.79. The number of alkyl halides is 6. The number of halogens is 6. The molecular weight excluding hydrogens is 392 g/mol. The zero-order valence-corrected chi connectivity index (χ0v) is 13.9. The quantitative estimate of drug-likeness (QED) is 0.718. The van der Waals surface area contributed by atoms with Crippen LogP contribution in [0.1, 0.15) is 16.7 Å². The number of hydrogen-bond donors (Lipinski definition) is 2. The third kappa shape index (κ3) is 5.38. The highest BCUT2D eigenvalue weighted by Crippen LogP contribution is 2.37. The number of hydrogen-bond acceptors (Lipinski definition) is 2. The smallest absolute Gasteiger partial charge is 0.351 e. The fraction of sp³-hybridized carbons (Fsp3) is 0.176. The summed E-state index contributed by atoms with van der Waals surface area (Å²) in [5, 5.41) is 1.85. The molecule has 0 aliphatic rings. The maximum atomic E-state index is 12.9. The molecule has 150 valence electrons. The second-order valence-corrected chi connectivity index (χ2v) is 5.63. The summed E-state index contributed by atoms with van der Waals surface area (Å²) in [7, 11) is 0. The minimum absolute atomic E-state index is 0.0779. The van der Waals surface area contributed by atoms with E-state index >= 15 is 0 Å². The summed E-state index contributed by atoms with van der Waals surface area (Å²) >= 11 is 0. The number of urea groups is 2. The zero-order valence-electron chi connectivity index (χ0n) is 13.9. The van der Waals surface area contributed by atoms with Gasteiger partial charge in [-0.1, -0.05) is 30.3 Å². The number of carbonyl (C=O) groups excluding carboxylic acids is 2. The van der Waals surface area contributed by atoms with Crippen molar-refractivity contribution < 1.29 is 35.9 Å². The molecule has 0 spiro atoms. The molecule has 0 saturated heterocycles. The number of rotatable bonds is 3. The van der Waals surface area contributed by atoms with Gasteiger partial charge in [-0.3, -0.25) is 0 Å². The van der Waals surface area contributed by atoms with Crippen LogP contribution >= 0.6 is 0 Å². The van der Waals surface area contributed by atoms with Gasteiger partial charge in [0.15, 0.2) is 0 Å². The van der Waals surface area contributed by atoms with E-state index in [1.807, 2.05) is 5.32 Å². The number of benzene rings is 2. The summed E-state index contributed by atoms with van der Waals surface area (Å²) in [5.41, 5.74) is 1.58. The molecular formula is C17H13F6N3O2. The van der Waals surface area contributed by atoms with Gasteiger partial charge in [0.25, 0.3) is 0 Å². The summed E-state index contributed by atoms with van der Waals surface area (Å²) in [6.45, 7) is -0.326. The predicted molar refractivity (Wildman–Crippen MR) is 87.0 cm³/mol. The van der Waals surface area contributed by atoms with Gasteiger partial charge in [0.1, 0.15) is 0 Å². The second-order valence-electron chi connectivity index (χ2n) is 5.63. The number of amides is 4. The number of anilines is 1. The first-order chi connectivity index (χ1) is 12.9. The van der Waals surface area contributed by atoms with E-state index < -0.39 is 41.2 Å². The summed E-state index contributed by atoms with van der Waals surface area (Å²) in [4.78, 5) is 24.2. The van der Waals surface area contributed by atoms with E-state index in [9.17, 15) is 35.9 Å². The lowest BCUT2D eigenvalue weighted by molar-refractivity contribution is -0.143. The number of primary amides is 1. The van der Waals surface area contributed by atoms with Gasteiger partial charge in [0.05, 0.1) is 17.7 Å². The molecule has 0 radical (unpaired) electrons. The Balaban J connectivity index is 2.33. The highest BCUT2D eigenvalue weighted by molar-refractivity contribution is 6.00. The molecule has 0 aromatic heterocycles. The molecule has 0 aliphatic carbocycles. The van der Waals surface area contributed by atoms with Gasteiger partial charge in [-0.25, -0.2) is 14.5 Å². The van der Waals surface area contributed by atoms with Gasteiger partial charge in [-0.15, -0.1) is 0 Å². The Kier molecular flexibility index (Phi) is 5.86. The van der Waals surface area contributed by atoms with Crippen molar-refractivity contribution in [3.8, 4) is 0 Å². The first kappa shape index (κ1) is 21.1. The first-order valence-electron chi connectivity index (χ1n) is 7.59. The molecule has 4 amide bonds. The average molecular weight is 405 g/mol. The van der Waals surface area contributed by atoms with E-state index in [0.717, 1.165) is 0 Å². The SMILES string of the molecule is NC(=O)N(Cc1ccccc1)C(=O)Nc1cc(C(F)(F)F)cc(C(F)(F)F)c1. The third-order valence-corrected chi connectivity index (χ3v) is 3.53. The predicted octanol–water partition coefficient (Wildman–Crippen LogP) is 4.84. The number of carbonyl (C=O) groups is 2. The molecule has 3 N–H and O–H groups in total. The van der Waals surface area contributed by atoms with Crippen LogP contribution in [0.5, 0.6) is 0 Å². The van der Waals surface area contributed by atoms with Crippen LogP contribution in [0.25, 0.3) is 0 Å². The van der Waals surface area contributed by atoms with Crippen molar-refractivity contribution in [2.75, 3.05) is 5.32 Å². The van der Waals surface area contributed by atoms with E-state index in [2.05, 4.69) is 0 Å². The Morgan fingerprint density at radius 2 is 1.39 bits per heavy atom. The summed E-state index contributed by atoms with van der Waals surface area (Å²) in [6.07, 6.45) is -10.2. The molecule has 5 nitrogen and oxygen atoms in total. The zero-order chi connectivity index (χ0) is 21.1. The fourth-order valence-electron chi connectivity index (χ4n) is 2.23. The number of nitrogens with one attached hydrogen (secondary N) is 1. The highest BCUT2D eigenvalue weighted by atomic mass is 19.4. The maximum Gasteiger partial charge on any atom is 0.416 e. The Morgan fingerprint density at radius 1 is 0.893 bits per heavy atom. The summed E-state index contributed by atoms with van der Waals surface area (Å²) < 4.78 is 77.3. The summed E-state index contributed by atoms with van der Waals surface area (Å²) in [6, 6.07) is 6.05. The van der Waals surface area contributed by atoms with Crippen LogP contribution in [-0.4, -0.2) is 17.0 Å². The Bertz CT molecular complexity index is 833. The number of imide groups is 1. The van der Waals surface area contributed by atoms with Crippen molar-refractivity contribution in [3.05, 3.63) is 65.2 Å². The van der Waals surface area contributed by atoms with Gasteiger partial charge in [-0.2, -0.15) is 26.3 Å². The van der Waals surface area contributed by atoms with Crippen LogP contribution in [0.15, 0.2) is 48.5 Å². The molecule has 0 aliphatic heterocycles. The molecule has 28 heavy (non-hydrogen) atoms. The van der Waals surface area contributed by atoms with E-state index in [1.165, 1.54) is 0 Å². The minimum atomic E-state index is -5.08. The van der Waals surface area contributed by atoms with Crippen molar-refractivity contribution in [1.29, 1.82) is 0 Å². The molecule has 0 bridgehead atoms. The van der Waals surface area contributed by atoms with Gasteiger partial charge < -0.3 is 11.1 Å². The average Bonchev–Trinajstić information content (AvgIpc) is 2.58. The van der Waals surface area contributed by atoms with Crippen LogP contribution in [0.4, 0.5) is 41.6 Å². The number of nitrogens with zero attached hydrogens (tertiary/aromatic N) is 1. The molecule has 0 unspecified atom stereocenters. The molecule has 2 aromatic carbocycles. The monoisotopic (exact) mass is 405 g/mol. The van der Waals surface area contributed by atoms with Crippen molar-refractivity contribution in [2.45, 2.75) is 18.9 Å². The Labute approximate surface area is 154 Å². The third-order valence-electron chi connectivity index (χ3n) is 3.53. The van der Waals surface area contributed by atoms with Gasteiger partial charge in [0, 0.05) is 5.69 Å². The van der Waals surface area contributed by atoms with Gasteiger partial charge in [0.2, 0.25) is 0 Å². The lowest BCUT2D eigenvalue weighted by Gasteiger charge is -2.20. The van der Waals surface area contributed by atoms with Crippen LogP contribution in [-0.2, 0) is 18.9 Å². The first-order valence-corrected chi connectivity index (χ1v) is 7.59. The van der Waals surface area contributed by atoms with E-state index in [0.29, 0.717) is 22.6 Å². The van der Waals surface area contributed by atoms with Crippen molar-refractivity contribution >= 4 is 17.7 Å². The highest BCUT2D eigenvalue weighted by Gasteiger charge is 2.37. The van der Waals surface area contributed by atoms with Crippen molar-refractivity contribution in [2.24, 2.45) is 5.73 Å². The largest absolute Gasteiger partial charge is 0.416 e. The molecule has 0 atom stereocenters. The Morgan fingerprint density at radius 3 is 1.82 bits per heavy atom. The van der Waals surface area contributed by atoms with Gasteiger partial charge >= 0.3 is 24.4 Å². The lowest BCUT2D eigenvalue weighted by atomic mass is 10.1. The van der Waals surface area contributed by atoms with Gasteiger partial charge in [-0.05, 0) is 23.8 Å². The molecule has 0 saturated carbocycles. The van der Waals surface area contributed by atoms with Crippen LogP contribution in [0, 0.1) is 0 Å². The normalized spacial score (nSPS) is 11.8. The minimum Gasteiger partial charge on any atom is -0.351 e. The van der Waals surface area contributed by atoms with E-state index in [1.54, 1.807) is 30.3 Å². The van der Waals surface area contributed by atoms with Crippen LogP contribution in [0.2, 0.25) is 0 Å². The lowest BCUT2D eigenvalue weighted by Crippen LogP contribution is -2.42. The van der Waals surface area contributed by atoms with Crippen molar-refractivity contribution in [3.63, 3.8) is 0 Å². The molecule has 2 aromatic rings. The Hall–Kier alpha value is -3.24. The molecule has 0 heterocycles. The maximum absolute atomic E-state index is 12.9.